The standard InChI is InChI=1S/C12H26N4O4S/c1-3-20-12(17)14-21(18,19)16-6-4-5-15(7-8-16)10-11(2)9-13/h11H,3-10,13H2,1-2H3,(H,14,17). The molecule has 1 fully saturated rings. The molecule has 1 aliphatic heterocycles. The topological polar surface area (TPSA) is 105 Å². The molecule has 0 saturated carbocycles. The second-order valence-electron chi connectivity index (χ2n) is 5.22. The minimum atomic E-state index is -3.83. The van der Waals surface area contributed by atoms with Crippen molar-refractivity contribution in [2.24, 2.45) is 11.7 Å². The first-order chi connectivity index (χ1) is 9.89. The van der Waals surface area contributed by atoms with E-state index in [-0.39, 0.29) is 6.61 Å². The molecule has 0 aliphatic carbocycles. The van der Waals surface area contributed by atoms with Gasteiger partial charge in [-0.1, -0.05) is 6.92 Å². The van der Waals surface area contributed by atoms with E-state index in [1.807, 2.05) is 4.72 Å². The molecule has 1 rings (SSSR count). The Kier molecular flexibility index (Phi) is 7.36. The first kappa shape index (κ1) is 18.1. The summed E-state index contributed by atoms with van der Waals surface area (Å²) in [6.45, 7) is 7.50. The zero-order valence-electron chi connectivity index (χ0n) is 12.7. The average Bonchev–Trinajstić information content (AvgIpc) is 2.64. The zero-order valence-corrected chi connectivity index (χ0v) is 13.6. The van der Waals surface area contributed by atoms with Gasteiger partial charge in [0.05, 0.1) is 6.61 Å². The van der Waals surface area contributed by atoms with Gasteiger partial charge in [-0.3, -0.25) is 0 Å². The van der Waals surface area contributed by atoms with Gasteiger partial charge in [0.2, 0.25) is 0 Å². The highest BCUT2D eigenvalue weighted by molar-refractivity contribution is 7.87. The van der Waals surface area contributed by atoms with Crippen molar-refractivity contribution in [2.75, 3.05) is 45.9 Å². The first-order valence-electron chi connectivity index (χ1n) is 7.26. The Hall–Kier alpha value is -0.900. The minimum absolute atomic E-state index is 0.131. The van der Waals surface area contributed by atoms with Crippen molar-refractivity contribution in [3.8, 4) is 0 Å². The molecule has 0 bridgehead atoms. The molecule has 21 heavy (non-hydrogen) atoms. The van der Waals surface area contributed by atoms with Gasteiger partial charge in [0.1, 0.15) is 0 Å². The normalized spacial score (nSPS) is 19.8. The Morgan fingerprint density at radius 3 is 2.67 bits per heavy atom. The van der Waals surface area contributed by atoms with Crippen LogP contribution in [0.15, 0.2) is 0 Å². The predicted octanol–water partition coefficient (Wildman–Crippen LogP) is -0.420. The van der Waals surface area contributed by atoms with Crippen LogP contribution in [0, 0.1) is 5.92 Å². The molecule has 0 aromatic carbocycles. The summed E-state index contributed by atoms with van der Waals surface area (Å²) in [6, 6.07) is 0. The summed E-state index contributed by atoms with van der Waals surface area (Å²) in [4.78, 5) is 13.5. The maximum absolute atomic E-state index is 12.1. The zero-order chi connectivity index (χ0) is 15.9. The third kappa shape index (κ3) is 6.16. The third-order valence-corrected chi connectivity index (χ3v) is 4.82. The monoisotopic (exact) mass is 322 g/mol. The average molecular weight is 322 g/mol. The SMILES string of the molecule is CCOC(=O)NS(=O)(=O)N1CCCN(CC(C)CN)CC1. The molecule has 0 aromatic rings. The van der Waals surface area contributed by atoms with E-state index in [0.717, 1.165) is 19.5 Å². The number of rotatable bonds is 6. The fraction of sp³-hybridized carbons (Fsp3) is 0.917. The smallest absolute Gasteiger partial charge is 0.421 e. The van der Waals surface area contributed by atoms with E-state index in [1.54, 1.807) is 6.92 Å². The van der Waals surface area contributed by atoms with Gasteiger partial charge in [-0.25, -0.2) is 9.52 Å². The number of nitrogens with zero attached hydrogens (tertiary/aromatic N) is 2. The van der Waals surface area contributed by atoms with Gasteiger partial charge in [0.15, 0.2) is 0 Å². The summed E-state index contributed by atoms with van der Waals surface area (Å²) in [5.74, 6) is 0.380. The van der Waals surface area contributed by atoms with E-state index in [0.29, 0.717) is 32.1 Å². The van der Waals surface area contributed by atoms with Crippen LogP contribution in [0.25, 0.3) is 0 Å². The fourth-order valence-corrected chi connectivity index (χ4v) is 3.31. The Bertz CT molecular complexity index is 429. The lowest BCUT2D eigenvalue weighted by Crippen LogP contribution is -2.45. The minimum Gasteiger partial charge on any atom is -0.449 e. The molecule has 1 saturated heterocycles. The first-order valence-corrected chi connectivity index (χ1v) is 8.70. The van der Waals surface area contributed by atoms with Gasteiger partial charge in [0, 0.05) is 26.2 Å². The van der Waals surface area contributed by atoms with Crippen LogP contribution in [0.1, 0.15) is 20.3 Å². The lowest BCUT2D eigenvalue weighted by atomic mass is 10.1. The van der Waals surface area contributed by atoms with Crippen molar-refractivity contribution in [1.29, 1.82) is 0 Å². The van der Waals surface area contributed by atoms with Crippen LogP contribution in [0.2, 0.25) is 0 Å². The number of nitrogens with two attached hydrogens (primary N) is 1. The number of carbonyl (C=O) groups is 1. The van der Waals surface area contributed by atoms with E-state index in [2.05, 4.69) is 16.6 Å². The van der Waals surface area contributed by atoms with Crippen LogP contribution < -0.4 is 10.5 Å². The van der Waals surface area contributed by atoms with Gasteiger partial charge >= 0.3 is 16.3 Å². The van der Waals surface area contributed by atoms with Crippen molar-refractivity contribution in [1.82, 2.24) is 13.9 Å². The molecule has 8 nitrogen and oxygen atoms in total. The highest BCUT2D eigenvalue weighted by Crippen LogP contribution is 2.09. The maximum atomic E-state index is 12.1. The summed E-state index contributed by atoms with van der Waals surface area (Å²) in [5.41, 5.74) is 5.61. The fourth-order valence-electron chi connectivity index (χ4n) is 2.22. The predicted molar refractivity (Wildman–Crippen MR) is 79.9 cm³/mol. The third-order valence-electron chi connectivity index (χ3n) is 3.35. The van der Waals surface area contributed by atoms with Gasteiger partial charge in [0.25, 0.3) is 0 Å². The Labute approximate surface area is 126 Å². The lowest BCUT2D eigenvalue weighted by Gasteiger charge is -2.23. The number of hydrogen-bond acceptors (Lipinski definition) is 6. The number of carbonyl (C=O) groups excluding carboxylic acids is 1. The van der Waals surface area contributed by atoms with Crippen LogP contribution in [-0.2, 0) is 14.9 Å². The molecule has 124 valence electrons. The molecule has 1 amide bonds. The van der Waals surface area contributed by atoms with Crippen LogP contribution in [-0.4, -0.2) is 69.6 Å². The molecule has 1 atom stereocenters. The lowest BCUT2D eigenvalue weighted by molar-refractivity contribution is 0.158. The van der Waals surface area contributed by atoms with Gasteiger partial charge < -0.3 is 15.4 Å². The number of nitrogens with one attached hydrogen (secondary N) is 1. The van der Waals surface area contributed by atoms with Gasteiger partial charge in [-0.2, -0.15) is 12.7 Å². The molecule has 1 heterocycles. The van der Waals surface area contributed by atoms with E-state index in [4.69, 9.17) is 5.73 Å². The molecule has 0 spiro atoms. The van der Waals surface area contributed by atoms with Crippen LogP contribution >= 0.6 is 0 Å². The molecule has 1 aliphatic rings. The van der Waals surface area contributed by atoms with Crippen molar-refractivity contribution in [3.05, 3.63) is 0 Å². The van der Waals surface area contributed by atoms with Crippen molar-refractivity contribution in [2.45, 2.75) is 20.3 Å². The number of ether oxygens (including phenoxy) is 1. The van der Waals surface area contributed by atoms with Crippen LogP contribution in [0.3, 0.4) is 0 Å². The second kappa shape index (κ2) is 8.52. The van der Waals surface area contributed by atoms with Crippen LogP contribution in [0.5, 0.6) is 0 Å². The van der Waals surface area contributed by atoms with Crippen LogP contribution in [0.4, 0.5) is 4.79 Å². The molecule has 9 heteroatoms. The quantitative estimate of drug-likeness (QED) is 0.688. The molecule has 0 radical (unpaired) electrons. The number of amides is 1. The van der Waals surface area contributed by atoms with E-state index in [9.17, 15) is 13.2 Å². The summed E-state index contributed by atoms with van der Waals surface area (Å²) in [6.07, 6.45) is -0.212. The van der Waals surface area contributed by atoms with Gasteiger partial charge in [-0.05, 0) is 32.4 Å². The second-order valence-corrected chi connectivity index (χ2v) is 6.89. The Morgan fingerprint density at radius 1 is 1.33 bits per heavy atom. The Balaban J connectivity index is 2.55. The molecule has 3 N–H and O–H groups in total. The summed E-state index contributed by atoms with van der Waals surface area (Å²) in [5, 5.41) is 0. The summed E-state index contributed by atoms with van der Waals surface area (Å²) in [7, 11) is -3.83. The maximum Gasteiger partial charge on any atom is 0.421 e. The van der Waals surface area contributed by atoms with Gasteiger partial charge in [-0.15, -0.1) is 0 Å². The molecular formula is C12H26N4O4S. The summed E-state index contributed by atoms with van der Waals surface area (Å²) >= 11 is 0. The van der Waals surface area contributed by atoms with Crippen molar-refractivity contribution >= 4 is 16.3 Å². The highest BCUT2D eigenvalue weighted by atomic mass is 32.2. The van der Waals surface area contributed by atoms with Crippen molar-refractivity contribution in [3.63, 3.8) is 0 Å². The summed E-state index contributed by atoms with van der Waals surface area (Å²) < 4.78 is 32.0. The number of hydrogen-bond donors (Lipinski definition) is 2. The Morgan fingerprint density at radius 2 is 2.05 bits per heavy atom. The van der Waals surface area contributed by atoms with E-state index < -0.39 is 16.3 Å². The molecule has 0 aromatic heterocycles. The molecular weight excluding hydrogens is 296 g/mol. The molecule has 1 unspecified atom stereocenters. The largest absolute Gasteiger partial charge is 0.449 e. The van der Waals surface area contributed by atoms with E-state index in [1.165, 1.54) is 4.31 Å². The highest BCUT2D eigenvalue weighted by Gasteiger charge is 2.27. The van der Waals surface area contributed by atoms with Crippen molar-refractivity contribution < 1.29 is 17.9 Å². The van der Waals surface area contributed by atoms with E-state index >= 15 is 0 Å².